The van der Waals surface area contributed by atoms with Gasteiger partial charge in [0.05, 0.1) is 5.56 Å². The smallest absolute Gasteiger partial charge is 0.435 e. The number of aromatic nitrogens is 1. The second-order valence-corrected chi connectivity index (χ2v) is 6.40. The van der Waals surface area contributed by atoms with Crippen LogP contribution in [0.5, 0.6) is 0 Å². The van der Waals surface area contributed by atoms with E-state index in [2.05, 4.69) is 10.3 Å². The second kappa shape index (κ2) is 7.20. The van der Waals surface area contributed by atoms with Crippen LogP contribution in [0.1, 0.15) is 25.7 Å². The molecule has 0 fully saturated rings. The average Bonchev–Trinajstić information content (AvgIpc) is 3.09. The highest BCUT2D eigenvalue weighted by atomic mass is 32.1. The van der Waals surface area contributed by atoms with Crippen LogP contribution in [0.25, 0.3) is 10.6 Å². The third-order valence-electron chi connectivity index (χ3n) is 3.51. The van der Waals surface area contributed by atoms with E-state index in [9.17, 15) is 22.8 Å². The first-order valence-corrected chi connectivity index (χ1v) is 8.35. The summed E-state index contributed by atoms with van der Waals surface area (Å²) in [7, 11) is 0. The lowest BCUT2D eigenvalue weighted by Crippen LogP contribution is -2.17. The Morgan fingerprint density at radius 2 is 1.63 bits per heavy atom. The summed E-state index contributed by atoms with van der Waals surface area (Å²) in [6.45, 7) is 0. The molecule has 5 nitrogen and oxygen atoms in total. The number of carbonyl (C=O) groups is 2. The van der Waals surface area contributed by atoms with Crippen LogP contribution in [0.4, 0.5) is 18.9 Å². The van der Waals surface area contributed by atoms with Gasteiger partial charge in [-0.15, -0.1) is 11.3 Å². The molecule has 0 aliphatic carbocycles. The molecule has 0 radical (unpaired) electrons. The number of alkyl halides is 3. The summed E-state index contributed by atoms with van der Waals surface area (Å²) in [4.78, 5) is 26.3. The number of halogens is 3. The van der Waals surface area contributed by atoms with Gasteiger partial charge in [0.25, 0.3) is 5.91 Å². The predicted octanol–water partition coefficient (Wildman–Crippen LogP) is 4.78. The Morgan fingerprint density at radius 1 is 1.00 bits per heavy atom. The fraction of sp³-hybridized carbons (Fsp3) is 0.0556. The Balaban J connectivity index is 1.93. The molecule has 0 aliphatic rings. The van der Waals surface area contributed by atoms with Gasteiger partial charge in [-0.2, -0.15) is 13.2 Å². The number of rotatable bonds is 4. The third-order valence-corrected chi connectivity index (χ3v) is 4.62. The van der Waals surface area contributed by atoms with Crippen LogP contribution in [0.2, 0.25) is 0 Å². The zero-order valence-electron chi connectivity index (χ0n) is 13.4. The van der Waals surface area contributed by atoms with E-state index in [0.29, 0.717) is 16.9 Å². The highest BCUT2D eigenvalue weighted by Crippen LogP contribution is 2.38. The Labute approximate surface area is 155 Å². The van der Waals surface area contributed by atoms with Crippen LogP contribution in [-0.4, -0.2) is 22.0 Å². The molecule has 1 heterocycles. The second-order valence-electron chi connectivity index (χ2n) is 5.40. The van der Waals surface area contributed by atoms with Crippen LogP contribution in [0.15, 0.2) is 54.6 Å². The fourth-order valence-electron chi connectivity index (χ4n) is 2.25. The SMILES string of the molecule is O=C(O)c1ccc(NC(=O)c2sc(-c3ccccc3)nc2C(F)(F)F)cc1. The first kappa shape index (κ1) is 18.6. The third kappa shape index (κ3) is 4.14. The van der Waals surface area contributed by atoms with E-state index in [1.165, 1.54) is 24.3 Å². The zero-order chi connectivity index (χ0) is 19.6. The van der Waals surface area contributed by atoms with Gasteiger partial charge in [0, 0.05) is 11.3 Å². The monoisotopic (exact) mass is 392 g/mol. The fourth-order valence-corrected chi connectivity index (χ4v) is 3.24. The number of nitrogens with one attached hydrogen (secondary N) is 1. The number of aromatic carboxylic acids is 1. The van der Waals surface area contributed by atoms with Gasteiger partial charge in [-0.05, 0) is 24.3 Å². The van der Waals surface area contributed by atoms with Gasteiger partial charge in [0.15, 0.2) is 5.69 Å². The largest absolute Gasteiger partial charge is 0.478 e. The van der Waals surface area contributed by atoms with E-state index in [-0.39, 0.29) is 16.3 Å². The number of hydrogen-bond acceptors (Lipinski definition) is 4. The van der Waals surface area contributed by atoms with Gasteiger partial charge in [0.1, 0.15) is 9.88 Å². The van der Waals surface area contributed by atoms with Crippen LogP contribution in [-0.2, 0) is 6.18 Å². The molecule has 2 aromatic carbocycles. The molecule has 0 saturated heterocycles. The number of carboxylic acids is 1. The lowest BCUT2D eigenvalue weighted by atomic mass is 10.2. The maximum Gasteiger partial charge on any atom is 0.435 e. The number of thiazole rings is 1. The van der Waals surface area contributed by atoms with E-state index < -0.39 is 28.6 Å². The van der Waals surface area contributed by atoms with Crippen molar-refractivity contribution in [1.82, 2.24) is 4.98 Å². The molecular weight excluding hydrogens is 381 g/mol. The number of amides is 1. The van der Waals surface area contributed by atoms with Gasteiger partial charge in [-0.3, -0.25) is 4.79 Å². The Morgan fingerprint density at radius 3 is 2.19 bits per heavy atom. The molecule has 0 spiro atoms. The molecule has 2 N–H and O–H groups in total. The number of benzene rings is 2. The maximum atomic E-state index is 13.3. The maximum absolute atomic E-state index is 13.3. The zero-order valence-corrected chi connectivity index (χ0v) is 14.3. The van der Waals surface area contributed by atoms with E-state index in [1.807, 2.05) is 0 Å². The molecular formula is C18H11F3N2O3S. The lowest BCUT2D eigenvalue weighted by molar-refractivity contribution is -0.141. The molecule has 9 heteroatoms. The molecule has 0 saturated carbocycles. The van der Waals surface area contributed by atoms with Crippen molar-refractivity contribution in [3.05, 3.63) is 70.7 Å². The average molecular weight is 392 g/mol. The first-order chi connectivity index (χ1) is 12.8. The minimum Gasteiger partial charge on any atom is -0.478 e. The normalized spacial score (nSPS) is 11.2. The van der Waals surface area contributed by atoms with Gasteiger partial charge >= 0.3 is 12.1 Å². The van der Waals surface area contributed by atoms with Crippen LogP contribution >= 0.6 is 11.3 Å². The van der Waals surface area contributed by atoms with E-state index in [4.69, 9.17) is 5.11 Å². The van der Waals surface area contributed by atoms with Gasteiger partial charge in [-0.1, -0.05) is 30.3 Å². The molecule has 138 valence electrons. The summed E-state index contributed by atoms with van der Waals surface area (Å²) in [6.07, 6.45) is -4.79. The van der Waals surface area contributed by atoms with Crippen molar-refractivity contribution >= 4 is 28.9 Å². The Bertz CT molecular complexity index is 983. The number of carbonyl (C=O) groups excluding carboxylic acids is 1. The van der Waals surface area contributed by atoms with Crippen LogP contribution in [0.3, 0.4) is 0 Å². The van der Waals surface area contributed by atoms with Crippen molar-refractivity contribution in [2.75, 3.05) is 5.32 Å². The predicted molar refractivity (Wildman–Crippen MR) is 93.9 cm³/mol. The van der Waals surface area contributed by atoms with E-state index in [0.717, 1.165) is 0 Å². The Kier molecular flexibility index (Phi) is 4.95. The van der Waals surface area contributed by atoms with Crippen molar-refractivity contribution < 1.29 is 27.9 Å². The number of nitrogens with zero attached hydrogens (tertiary/aromatic N) is 1. The summed E-state index contributed by atoms with van der Waals surface area (Å²) in [5.41, 5.74) is -0.621. The van der Waals surface area contributed by atoms with Crippen LogP contribution in [0, 0.1) is 0 Å². The molecule has 1 amide bonds. The van der Waals surface area contributed by atoms with Crippen LogP contribution < -0.4 is 5.32 Å². The molecule has 0 aliphatic heterocycles. The molecule has 0 unspecified atom stereocenters. The molecule has 1 aromatic heterocycles. The van der Waals surface area contributed by atoms with Crippen molar-refractivity contribution in [3.8, 4) is 10.6 Å². The van der Waals surface area contributed by atoms with Gasteiger partial charge < -0.3 is 10.4 Å². The van der Waals surface area contributed by atoms with E-state index in [1.54, 1.807) is 30.3 Å². The summed E-state index contributed by atoms with van der Waals surface area (Å²) >= 11 is 0.638. The van der Waals surface area contributed by atoms with E-state index >= 15 is 0 Å². The van der Waals surface area contributed by atoms with Gasteiger partial charge in [-0.25, -0.2) is 9.78 Å². The molecule has 27 heavy (non-hydrogen) atoms. The highest BCUT2D eigenvalue weighted by molar-refractivity contribution is 7.17. The minimum absolute atomic E-state index is 0.00636. The van der Waals surface area contributed by atoms with Crippen molar-refractivity contribution in [2.45, 2.75) is 6.18 Å². The van der Waals surface area contributed by atoms with Crippen molar-refractivity contribution in [1.29, 1.82) is 0 Å². The summed E-state index contributed by atoms with van der Waals surface area (Å²) < 4.78 is 40.0. The van der Waals surface area contributed by atoms with Crippen molar-refractivity contribution in [2.24, 2.45) is 0 Å². The summed E-state index contributed by atoms with van der Waals surface area (Å²) in [5.74, 6) is -2.12. The van der Waals surface area contributed by atoms with Crippen molar-refractivity contribution in [3.63, 3.8) is 0 Å². The minimum atomic E-state index is -4.79. The quantitative estimate of drug-likeness (QED) is 0.670. The lowest BCUT2D eigenvalue weighted by Gasteiger charge is -2.07. The number of anilines is 1. The topological polar surface area (TPSA) is 79.3 Å². The molecule has 0 atom stereocenters. The summed E-state index contributed by atoms with van der Waals surface area (Å²) in [5, 5.41) is 11.3. The number of carboxylic acid groups (broad SMARTS) is 1. The molecule has 3 rings (SSSR count). The highest BCUT2D eigenvalue weighted by Gasteiger charge is 2.39. The van der Waals surface area contributed by atoms with Gasteiger partial charge in [0.2, 0.25) is 0 Å². The standard InChI is InChI=1S/C18H11F3N2O3S/c19-18(20,21)14-13(27-16(23-14)10-4-2-1-3-5-10)15(24)22-12-8-6-11(7-9-12)17(25)26/h1-9H,(H,22,24)(H,25,26). The number of hydrogen-bond donors (Lipinski definition) is 2. The Hall–Kier alpha value is -3.20. The molecule has 3 aromatic rings. The molecule has 0 bridgehead atoms. The first-order valence-electron chi connectivity index (χ1n) is 7.54. The summed E-state index contributed by atoms with van der Waals surface area (Å²) in [6, 6.07) is 13.3.